The SMILES string of the molecule is CC(=O)Nc1c(I)cc(I)cc1CN(C)C1CCCCC1.Cl. The highest BCUT2D eigenvalue weighted by molar-refractivity contribution is 14.1. The molecule has 0 aromatic heterocycles. The van der Waals surface area contributed by atoms with Crippen LogP contribution >= 0.6 is 57.6 Å². The highest BCUT2D eigenvalue weighted by Gasteiger charge is 2.20. The molecule has 1 aromatic carbocycles. The maximum absolute atomic E-state index is 11.5. The van der Waals surface area contributed by atoms with Crippen LogP contribution in [0.5, 0.6) is 0 Å². The molecular formula is C16H23ClI2N2O. The Morgan fingerprint density at radius 3 is 2.50 bits per heavy atom. The zero-order valence-electron chi connectivity index (χ0n) is 13.0. The maximum atomic E-state index is 11.5. The molecule has 22 heavy (non-hydrogen) atoms. The Hall–Kier alpha value is 0.400. The van der Waals surface area contributed by atoms with Crippen molar-refractivity contribution in [3.63, 3.8) is 0 Å². The Kier molecular flexibility index (Phi) is 8.96. The van der Waals surface area contributed by atoms with Crippen LogP contribution in [-0.4, -0.2) is 23.9 Å². The van der Waals surface area contributed by atoms with Gasteiger partial charge in [0, 0.05) is 26.7 Å². The Bertz CT molecular complexity index is 519. The van der Waals surface area contributed by atoms with Gasteiger partial charge in [-0.1, -0.05) is 19.3 Å². The largest absolute Gasteiger partial charge is 0.325 e. The summed E-state index contributed by atoms with van der Waals surface area (Å²) in [5.74, 6) is -0.00399. The molecule has 2 rings (SSSR count). The van der Waals surface area contributed by atoms with Crippen LogP contribution in [0.1, 0.15) is 44.6 Å². The number of carbonyl (C=O) groups excluding carboxylic acids is 1. The van der Waals surface area contributed by atoms with Gasteiger partial charge in [0.05, 0.1) is 5.69 Å². The summed E-state index contributed by atoms with van der Waals surface area (Å²) < 4.78 is 2.33. The second-order valence-electron chi connectivity index (χ2n) is 5.81. The van der Waals surface area contributed by atoms with E-state index in [4.69, 9.17) is 0 Å². The standard InChI is InChI=1S/C16H22I2N2O.ClH/c1-11(21)19-16-12(8-13(17)9-15(16)18)10-20(2)14-6-4-3-5-7-14;/h8-9,14H,3-7,10H2,1-2H3,(H,19,21);1H. The van der Waals surface area contributed by atoms with E-state index >= 15 is 0 Å². The Labute approximate surface area is 166 Å². The molecule has 1 aliphatic rings. The van der Waals surface area contributed by atoms with Gasteiger partial charge in [0.15, 0.2) is 0 Å². The number of halogens is 3. The quantitative estimate of drug-likeness (QED) is 0.535. The molecule has 0 radical (unpaired) electrons. The molecule has 0 heterocycles. The van der Waals surface area contributed by atoms with Gasteiger partial charge in [0.25, 0.3) is 0 Å². The van der Waals surface area contributed by atoms with Crippen molar-refractivity contribution < 1.29 is 4.79 Å². The zero-order chi connectivity index (χ0) is 15.4. The first-order valence-electron chi connectivity index (χ1n) is 7.43. The molecule has 0 aliphatic heterocycles. The lowest BCUT2D eigenvalue weighted by atomic mass is 9.94. The minimum absolute atomic E-state index is 0. The van der Waals surface area contributed by atoms with Crippen molar-refractivity contribution in [2.45, 2.75) is 51.6 Å². The van der Waals surface area contributed by atoms with E-state index in [2.05, 4.69) is 74.6 Å². The third-order valence-corrected chi connectivity index (χ3v) is 5.53. The number of hydrogen-bond acceptors (Lipinski definition) is 2. The monoisotopic (exact) mass is 548 g/mol. The minimum Gasteiger partial charge on any atom is -0.325 e. The maximum Gasteiger partial charge on any atom is 0.221 e. The predicted octanol–water partition coefficient (Wildman–Crippen LogP) is 5.04. The molecule has 1 fully saturated rings. The van der Waals surface area contributed by atoms with Gasteiger partial charge < -0.3 is 5.32 Å². The Morgan fingerprint density at radius 1 is 1.27 bits per heavy atom. The van der Waals surface area contributed by atoms with Gasteiger partial charge in [-0.2, -0.15) is 0 Å². The van der Waals surface area contributed by atoms with E-state index < -0.39 is 0 Å². The summed E-state index contributed by atoms with van der Waals surface area (Å²) in [6, 6.07) is 4.98. The number of amides is 1. The average Bonchev–Trinajstić information content (AvgIpc) is 2.43. The molecule has 1 aliphatic carbocycles. The van der Waals surface area contributed by atoms with Crippen LogP contribution in [0, 0.1) is 7.14 Å². The van der Waals surface area contributed by atoms with Crippen molar-refractivity contribution in [2.24, 2.45) is 0 Å². The first-order chi connectivity index (χ1) is 9.97. The molecule has 1 saturated carbocycles. The van der Waals surface area contributed by atoms with Gasteiger partial charge in [-0.05, 0) is 82.8 Å². The van der Waals surface area contributed by atoms with Gasteiger partial charge in [0.1, 0.15) is 0 Å². The van der Waals surface area contributed by atoms with Gasteiger partial charge in [-0.25, -0.2) is 0 Å². The van der Waals surface area contributed by atoms with E-state index in [1.807, 2.05) is 0 Å². The van der Waals surface area contributed by atoms with E-state index in [-0.39, 0.29) is 18.3 Å². The lowest BCUT2D eigenvalue weighted by molar-refractivity contribution is -0.114. The van der Waals surface area contributed by atoms with Gasteiger partial charge in [0.2, 0.25) is 5.91 Å². The fourth-order valence-electron chi connectivity index (χ4n) is 2.99. The first kappa shape index (κ1) is 20.4. The summed E-state index contributed by atoms with van der Waals surface area (Å²) in [6.07, 6.45) is 6.66. The highest BCUT2D eigenvalue weighted by Crippen LogP contribution is 2.29. The summed E-state index contributed by atoms with van der Waals surface area (Å²) >= 11 is 4.65. The number of hydrogen-bond donors (Lipinski definition) is 1. The number of nitrogens with one attached hydrogen (secondary N) is 1. The van der Waals surface area contributed by atoms with Crippen LogP contribution in [0.15, 0.2) is 12.1 Å². The number of nitrogens with zero attached hydrogens (tertiary/aromatic N) is 1. The summed E-state index contributed by atoms with van der Waals surface area (Å²) in [7, 11) is 2.21. The number of anilines is 1. The van der Waals surface area contributed by atoms with Crippen LogP contribution in [-0.2, 0) is 11.3 Å². The fraction of sp³-hybridized carbons (Fsp3) is 0.562. The summed E-state index contributed by atoms with van der Waals surface area (Å²) in [5.41, 5.74) is 2.20. The van der Waals surface area contributed by atoms with Crippen LogP contribution in [0.4, 0.5) is 5.69 Å². The third-order valence-electron chi connectivity index (χ3n) is 4.06. The van der Waals surface area contributed by atoms with Crippen molar-refractivity contribution in [2.75, 3.05) is 12.4 Å². The summed E-state index contributed by atoms with van der Waals surface area (Å²) in [5, 5.41) is 3.00. The molecule has 0 atom stereocenters. The molecule has 1 amide bonds. The molecule has 0 unspecified atom stereocenters. The van der Waals surface area contributed by atoms with Crippen molar-refractivity contribution >= 4 is 69.2 Å². The smallest absolute Gasteiger partial charge is 0.221 e. The van der Waals surface area contributed by atoms with E-state index in [9.17, 15) is 4.79 Å². The molecule has 124 valence electrons. The van der Waals surface area contributed by atoms with Crippen molar-refractivity contribution in [3.8, 4) is 0 Å². The lowest BCUT2D eigenvalue weighted by Crippen LogP contribution is -2.33. The van der Waals surface area contributed by atoms with E-state index in [0.29, 0.717) is 6.04 Å². The minimum atomic E-state index is -0.00399. The van der Waals surface area contributed by atoms with Gasteiger partial charge in [-0.3, -0.25) is 9.69 Å². The summed E-state index contributed by atoms with van der Waals surface area (Å²) in [6.45, 7) is 2.47. The van der Waals surface area contributed by atoms with Crippen LogP contribution < -0.4 is 5.32 Å². The van der Waals surface area contributed by atoms with Crippen molar-refractivity contribution in [1.29, 1.82) is 0 Å². The molecule has 3 nitrogen and oxygen atoms in total. The highest BCUT2D eigenvalue weighted by atomic mass is 127. The van der Waals surface area contributed by atoms with E-state index in [0.717, 1.165) is 15.8 Å². The topological polar surface area (TPSA) is 32.3 Å². The average molecular weight is 549 g/mol. The summed E-state index contributed by atoms with van der Waals surface area (Å²) in [4.78, 5) is 13.9. The lowest BCUT2D eigenvalue weighted by Gasteiger charge is -2.31. The molecule has 0 bridgehead atoms. The Balaban J connectivity index is 0.00000242. The van der Waals surface area contributed by atoms with Crippen LogP contribution in [0.2, 0.25) is 0 Å². The molecule has 1 N–H and O–H groups in total. The van der Waals surface area contributed by atoms with E-state index in [1.165, 1.54) is 41.2 Å². The molecule has 1 aromatic rings. The second kappa shape index (κ2) is 9.64. The first-order valence-corrected chi connectivity index (χ1v) is 9.59. The third kappa shape index (κ3) is 5.79. The molecular weight excluding hydrogens is 525 g/mol. The fourth-order valence-corrected chi connectivity index (χ4v) is 5.09. The zero-order valence-corrected chi connectivity index (χ0v) is 18.1. The van der Waals surface area contributed by atoms with Gasteiger partial charge >= 0.3 is 0 Å². The second-order valence-corrected chi connectivity index (χ2v) is 8.22. The molecule has 0 saturated heterocycles. The van der Waals surface area contributed by atoms with Crippen molar-refractivity contribution in [1.82, 2.24) is 4.90 Å². The molecule has 0 spiro atoms. The molecule has 6 heteroatoms. The number of carbonyl (C=O) groups is 1. The predicted molar refractivity (Wildman–Crippen MR) is 112 cm³/mol. The van der Waals surface area contributed by atoms with Crippen LogP contribution in [0.25, 0.3) is 0 Å². The van der Waals surface area contributed by atoms with Crippen molar-refractivity contribution in [3.05, 3.63) is 24.8 Å². The number of rotatable bonds is 4. The van der Waals surface area contributed by atoms with Gasteiger partial charge in [-0.15, -0.1) is 12.4 Å². The van der Waals surface area contributed by atoms with E-state index in [1.54, 1.807) is 6.92 Å². The number of benzene rings is 1. The van der Waals surface area contributed by atoms with Crippen LogP contribution in [0.3, 0.4) is 0 Å². The Morgan fingerprint density at radius 2 is 1.91 bits per heavy atom. The normalized spacial score (nSPS) is 15.5.